The lowest BCUT2D eigenvalue weighted by molar-refractivity contribution is 0.122. The summed E-state index contributed by atoms with van der Waals surface area (Å²) in [6, 6.07) is 7.37. The van der Waals surface area contributed by atoms with Gasteiger partial charge in [-0.1, -0.05) is 17.7 Å². The van der Waals surface area contributed by atoms with Gasteiger partial charge in [-0.2, -0.15) is 4.98 Å². The van der Waals surface area contributed by atoms with E-state index >= 15 is 0 Å². The summed E-state index contributed by atoms with van der Waals surface area (Å²) >= 11 is 6.56. The number of anilines is 2. The highest BCUT2D eigenvalue weighted by Crippen LogP contribution is 2.34. The van der Waals surface area contributed by atoms with Crippen molar-refractivity contribution in [3.05, 3.63) is 40.5 Å². The molecule has 0 spiro atoms. The van der Waals surface area contributed by atoms with Crippen molar-refractivity contribution in [1.29, 1.82) is 0 Å². The summed E-state index contributed by atoms with van der Waals surface area (Å²) in [5, 5.41) is 9.96. The Labute approximate surface area is 164 Å². The maximum atomic E-state index is 9.37. The molecule has 0 aliphatic carbocycles. The molecule has 7 nitrogen and oxygen atoms in total. The molecule has 0 amide bonds. The molecule has 1 aliphatic heterocycles. The fourth-order valence-corrected chi connectivity index (χ4v) is 3.41. The monoisotopic (exact) mass is 392 g/mol. The molecule has 0 saturated carbocycles. The Kier molecular flexibility index (Phi) is 6.36. The van der Waals surface area contributed by atoms with Crippen LogP contribution in [0.1, 0.15) is 30.6 Å². The summed E-state index contributed by atoms with van der Waals surface area (Å²) in [7, 11) is 0. The van der Waals surface area contributed by atoms with Gasteiger partial charge in [0, 0.05) is 29.9 Å². The highest BCUT2D eigenvalue weighted by atomic mass is 35.5. The van der Waals surface area contributed by atoms with Gasteiger partial charge in [-0.15, -0.1) is 0 Å². The van der Waals surface area contributed by atoms with Gasteiger partial charge in [0.1, 0.15) is 18.2 Å². The summed E-state index contributed by atoms with van der Waals surface area (Å²) in [6.07, 6.45) is 0.341. The normalized spacial score (nSPS) is 18.8. The molecular formula is C19H25ClN4O3. The number of nitrogens with two attached hydrogens (primary N) is 1. The second-order valence-corrected chi connectivity index (χ2v) is 7.11. The molecule has 146 valence electrons. The third-order valence-electron chi connectivity index (χ3n) is 4.31. The second kappa shape index (κ2) is 8.73. The Morgan fingerprint density at radius 1 is 1.41 bits per heavy atom. The van der Waals surface area contributed by atoms with Crippen molar-refractivity contribution in [1.82, 2.24) is 9.97 Å². The van der Waals surface area contributed by atoms with Gasteiger partial charge in [-0.3, -0.25) is 0 Å². The number of hydrogen-bond acceptors (Lipinski definition) is 7. The SMILES string of the molecule is Cc1cc(N2CCCOC[C@H]2c2ccc(OCC(C)O)cc2Cl)nc(N)n1. The highest BCUT2D eigenvalue weighted by Gasteiger charge is 2.27. The maximum Gasteiger partial charge on any atom is 0.222 e. The van der Waals surface area contributed by atoms with Gasteiger partial charge in [-0.05, 0) is 38.0 Å². The minimum atomic E-state index is -0.541. The molecule has 3 N–H and O–H groups in total. The zero-order chi connectivity index (χ0) is 19.4. The van der Waals surface area contributed by atoms with Crippen LogP contribution in [0.4, 0.5) is 11.8 Å². The summed E-state index contributed by atoms with van der Waals surface area (Å²) < 4.78 is 11.3. The van der Waals surface area contributed by atoms with Crippen LogP contribution in [0.25, 0.3) is 0 Å². The first-order valence-electron chi connectivity index (χ1n) is 9.00. The highest BCUT2D eigenvalue weighted by molar-refractivity contribution is 6.31. The largest absolute Gasteiger partial charge is 0.491 e. The van der Waals surface area contributed by atoms with Crippen LogP contribution in [0, 0.1) is 6.92 Å². The molecule has 2 aromatic rings. The average molecular weight is 393 g/mol. The van der Waals surface area contributed by atoms with Crippen molar-refractivity contribution < 1.29 is 14.6 Å². The third kappa shape index (κ3) is 5.00. The first-order valence-corrected chi connectivity index (χ1v) is 9.37. The van der Waals surface area contributed by atoms with E-state index in [1.54, 1.807) is 13.0 Å². The van der Waals surface area contributed by atoms with Crippen molar-refractivity contribution in [2.24, 2.45) is 0 Å². The summed E-state index contributed by atoms with van der Waals surface area (Å²) in [5.74, 6) is 1.63. The van der Waals surface area contributed by atoms with Crippen LogP contribution in [0.2, 0.25) is 5.02 Å². The van der Waals surface area contributed by atoms with Gasteiger partial charge in [-0.25, -0.2) is 4.98 Å². The Morgan fingerprint density at radius 3 is 2.93 bits per heavy atom. The third-order valence-corrected chi connectivity index (χ3v) is 4.64. The first-order chi connectivity index (χ1) is 12.9. The van der Waals surface area contributed by atoms with E-state index in [1.165, 1.54) is 0 Å². The van der Waals surface area contributed by atoms with Crippen LogP contribution in [-0.4, -0.2) is 47.5 Å². The minimum Gasteiger partial charge on any atom is -0.491 e. The summed E-state index contributed by atoms with van der Waals surface area (Å²) in [4.78, 5) is 10.7. The number of hydrogen-bond donors (Lipinski definition) is 2. The van der Waals surface area contributed by atoms with Crippen molar-refractivity contribution in [2.45, 2.75) is 32.4 Å². The number of ether oxygens (including phenoxy) is 2. The maximum absolute atomic E-state index is 9.37. The van der Waals surface area contributed by atoms with E-state index < -0.39 is 6.10 Å². The van der Waals surface area contributed by atoms with Crippen molar-refractivity contribution in [2.75, 3.05) is 37.0 Å². The second-order valence-electron chi connectivity index (χ2n) is 6.71. The Morgan fingerprint density at radius 2 is 2.22 bits per heavy atom. The fraction of sp³-hybridized carbons (Fsp3) is 0.474. The Bertz CT molecular complexity index is 767. The van der Waals surface area contributed by atoms with E-state index in [0.29, 0.717) is 24.0 Å². The van der Waals surface area contributed by atoms with Crippen LogP contribution < -0.4 is 15.4 Å². The van der Waals surface area contributed by atoms with E-state index in [4.69, 9.17) is 26.8 Å². The molecule has 3 rings (SSSR count). The fourth-order valence-electron chi connectivity index (χ4n) is 3.12. The molecule has 1 aliphatic rings. The van der Waals surface area contributed by atoms with Gasteiger partial charge in [0.2, 0.25) is 5.95 Å². The lowest BCUT2D eigenvalue weighted by Crippen LogP contribution is -2.32. The predicted molar refractivity (Wildman–Crippen MR) is 105 cm³/mol. The lowest BCUT2D eigenvalue weighted by Gasteiger charge is -2.31. The molecule has 0 radical (unpaired) electrons. The molecule has 1 saturated heterocycles. The van der Waals surface area contributed by atoms with Crippen LogP contribution in [0.15, 0.2) is 24.3 Å². The van der Waals surface area contributed by atoms with Crippen LogP contribution in [0.5, 0.6) is 5.75 Å². The molecule has 8 heteroatoms. The van der Waals surface area contributed by atoms with Crippen molar-refractivity contribution in [3.8, 4) is 5.75 Å². The van der Waals surface area contributed by atoms with Gasteiger partial charge in [0.25, 0.3) is 0 Å². The van der Waals surface area contributed by atoms with Gasteiger partial charge >= 0.3 is 0 Å². The van der Waals surface area contributed by atoms with Crippen LogP contribution in [0.3, 0.4) is 0 Å². The van der Waals surface area contributed by atoms with Crippen LogP contribution >= 0.6 is 11.6 Å². The first kappa shape index (κ1) is 19.7. The number of aliphatic hydroxyl groups excluding tert-OH is 1. The van der Waals surface area contributed by atoms with E-state index in [0.717, 1.165) is 30.0 Å². The molecule has 2 atom stereocenters. The Hall–Kier alpha value is -2.09. The number of halogens is 1. The zero-order valence-electron chi connectivity index (χ0n) is 15.6. The lowest BCUT2D eigenvalue weighted by atomic mass is 10.1. The number of benzene rings is 1. The van der Waals surface area contributed by atoms with Crippen molar-refractivity contribution in [3.63, 3.8) is 0 Å². The standard InChI is InChI=1S/C19H25ClN4O3/c1-12-8-18(23-19(21)22-12)24-6-3-7-26-11-17(24)15-5-4-14(9-16(15)20)27-10-13(2)25/h4-5,8-9,13,17,25H,3,6-7,10-11H2,1-2H3,(H2,21,22,23)/t13?,17-/m0/s1. The molecule has 1 aromatic heterocycles. The average Bonchev–Trinajstić information content (AvgIpc) is 2.85. The van der Waals surface area contributed by atoms with Crippen molar-refractivity contribution >= 4 is 23.4 Å². The molecule has 2 heterocycles. The molecule has 1 aromatic carbocycles. The molecule has 1 unspecified atom stereocenters. The van der Waals surface area contributed by atoms with Crippen LogP contribution in [-0.2, 0) is 4.74 Å². The smallest absolute Gasteiger partial charge is 0.222 e. The predicted octanol–water partition coefficient (Wildman–Crippen LogP) is 2.75. The summed E-state index contributed by atoms with van der Waals surface area (Å²) in [6.45, 7) is 5.74. The van der Waals surface area contributed by atoms with E-state index in [-0.39, 0.29) is 18.6 Å². The molecular weight excluding hydrogens is 368 g/mol. The summed E-state index contributed by atoms with van der Waals surface area (Å²) in [5.41, 5.74) is 7.60. The van der Waals surface area contributed by atoms with E-state index in [9.17, 15) is 5.11 Å². The topological polar surface area (TPSA) is 93.7 Å². The van der Waals surface area contributed by atoms with E-state index in [2.05, 4.69) is 14.9 Å². The van der Waals surface area contributed by atoms with Gasteiger partial charge in [0.15, 0.2) is 0 Å². The van der Waals surface area contributed by atoms with E-state index in [1.807, 2.05) is 25.1 Å². The number of rotatable bonds is 5. The Balaban J connectivity index is 1.91. The van der Waals surface area contributed by atoms with Gasteiger partial charge in [0.05, 0.1) is 18.8 Å². The number of aromatic nitrogens is 2. The minimum absolute atomic E-state index is 0.0977. The quantitative estimate of drug-likeness (QED) is 0.807. The number of nitrogen functional groups attached to an aromatic ring is 1. The molecule has 1 fully saturated rings. The number of nitrogens with zero attached hydrogens (tertiary/aromatic N) is 3. The zero-order valence-corrected chi connectivity index (χ0v) is 16.3. The van der Waals surface area contributed by atoms with Gasteiger partial charge < -0.3 is 25.2 Å². The molecule has 0 bridgehead atoms. The molecule has 27 heavy (non-hydrogen) atoms. The number of aryl methyl sites for hydroxylation is 1. The number of aliphatic hydroxyl groups is 1.